The van der Waals surface area contributed by atoms with E-state index >= 15 is 0 Å². The molecule has 1 amide bonds. The summed E-state index contributed by atoms with van der Waals surface area (Å²) >= 11 is 0. The maximum absolute atomic E-state index is 11.6. The molecule has 0 aromatic heterocycles. The van der Waals surface area contributed by atoms with Crippen molar-refractivity contribution in [3.05, 3.63) is 0 Å². The zero-order valence-corrected chi connectivity index (χ0v) is 9.96. The lowest BCUT2D eigenvalue weighted by molar-refractivity contribution is -0.122. The maximum Gasteiger partial charge on any atom is 0.220 e. The first-order chi connectivity index (χ1) is 7.76. The molecular formula is C12H21N3O. The molecule has 90 valence electrons. The molecule has 0 spiro atoms. The molecule has 0 aromatic carbocycles. The first-order valence-corrected chi connectivity index (χ1v) is 6.13. The topological polar surface area (TPSA) is 64.9 Å². The van der Waals surface area contributed by atoms with Gasteiger partial charge in [-0.15, -0.1) is 0 Å². The molecule has 16 heavy (non-hydrogen) atoms. The van der Waals surface area contributed by atoms with Crippen LogP contribution in [-0.2, 0) is 4.79 Å². The van der Waals surface area contributed by atoms with Crippen LogP contribution in [0.1, 0.15) is 39.0 Å². The van der Waals surface area contributed by atoms with Crippen molar-refractivity contribution in [3.8, 4) is 6.07 Å². The molecule has 2 atom stereocenters. The summed E-state index contributed by atoms with van der Waals surface area (Å²) < 4.78 is 0. The van der Waals surface area contributed by atoms with Crippen LogP contribution in [0.5, 0.6) is 0 Å². The molecule has 1 heterocycles. The van der Waals surface area contributed by atoms with E-state index in [0.29, 0.717) is 18.8 Å². The molecule has 1 saturated heterocycles. The van der Waals surface area contributed by atoms with Crippen LogP contribution >= 0.6 is 0 Å². The number of carbonyl (C=O) groups excluding carboxylic acids is 1. The van der Waals surface area contributed by atoms with E-state index in [0.717, 1.165) is 25.9 Å². The molecule has 0 aliphatic carbocycles. The van der Waals surface area contributed by atoms with Crippen molar-refractivity contribution in [2.75, 3.05) is 13.1 Å². The Kier molecular flexibility index (Phi) is 5.87. The van der Waals surface area contributed by atoms with E-state index in [2.05, 4.69) is 16.7 Å². The summed E-state index contributed by atoms with van der Waals surface area (Å²) in [5.74, 6) is 0.746. The Balaban J connectivity index is 2.16. The van der Waals surface area contributed by atoms with Crippen LogP contribution in [0.25, 0.3) is 0 Å². The fourth-order valence-corrected chi connectivity index (χ4v) is 2.00. The Morgan fingerprint density at radius 3 is 3.06 bits per heavy atom. The van der Waals surface area contributed by atoms with E-state index in [1.54, 1.807) is 0 Å². The minimum absolute atomic E-state index is 0.0270. The standard InChI is InChI=1S/C12H21N3O/c1-2-11(5-7-13)15-12(16)4-3-10-6-8-14-9-10/h10-11,14H,2-6,8-9H2,1H3,(H,15,16). The molecule has 2 unspecified atom stereocenters. The lowest BCUT2D eigenvalue weighted by Gasteiger charge is -2.14. The van der Waals surface area contributed by atoms with E-state index in [1.165, 1.54) is 6.42 Å². The fourth-order valence-electron chi connectivity index (χ4n) is 2.00. The van der Waals surface area contributed by atoms with Gasteiger partial charge in [0.15, 0.2) is 0 Å². The SMILES string of the molecule is CCC(CC#N)NC(=O)CCC1CCNC1. The van der Waals surface area contributed by atoms with Gasteiger partial charge in [0.1, 0.15) is 0 Å². The minimum atomic E-state index is 0.0270. The second kappa shape index (κ2) is 7.24. The molecule has 1 aliphatic rings. The third-order valence-corrected chi connectivity index (χ3v) is 3.14. The zero-order chi connectivity index (χ0) is 11.8. The lowest BCUT2D eigenvalue weighted by atomic mass is 10.0. The van der Waals surface area contributed by atoms with Gasteiger partial charge < -0.3 is 10.6 Å². The van der Waals surface area contributed by atoms with Gasteiger partial charge in [-0.25, -0.2) is 0 Å². The molecule has 4 heteroatoms. The van der Waals surface area contributed by atoms with Crippen LogP contribution in [0.4, 0.5) is 0 Å². The van der Waals surface area contributed by atoms with Gasteiger partial charge in [0.05, 0.1) is 12.5 Å². The highest BCUT2D eigenvalue weighted by molar-refractivity contribution is 5.76. The molecule has 0 radical (unpaired) electrons. The van der Waals surface area contributed by atoms with Crippen molar-refractivity contribution in [1.82, 2.24) is 10.6 Å². The third kappa shape index (κ3) is 4.63. The van der Waals surface area contributed by atoms with Crippen molar-refractivity contribution < 1.29 is 4.79 Å². The molecule has 1 rings (SSSR count). The second-order valence-corrected chi connectivity index (χ2v) is 4.43. The summed E-state index contributed by atoms with van der Waals surface area (Å²) in [6.07, 6.45) is 3.97. The lowest BCUT2D eigenvalue weighted by Crippen LogP contribution is -2.34. The van der Waals surface area contributed by atoms with Crippen molar-refractivity contribution in [2.45, 2.75) is 45.1 Å². The number of carbonyl (C=O) groups is 1. The van der Waals surface area contributed by atoms with E-state index in [4.69, 9.17) is 5.26 Å². The molecule has 4 nitrogen and oxygen atoms in total. The van der Waals surface area contributed by atoms with Crippen LogP contribution in [0.15, 0.2) is 0 Å². The highest BCUT2D eigenvalue weighted by atomic mass is 16.1. The Morgan fingerprint density at radius 1 is 1.69 bits per heavy atom. The van der Waals surface area contributed by atoms with Gasteiger partial charge in [-0.2, -0.15) is 5.26 Å². The minimum Gasteiger partial charge on any atom is -0.352 e. The summed E-state index contributed by atoms with van der Waals surface area (Å²) in [6.45, 7) is 4.12. The van der Waals surface area contributed by atoms with Crippen molar-refractivity contribution >= 4 is 5.91 Å². The number of hydrogen-bond donors (Lipinski definition) is 2. The van der Waals surface area contributed by atoms with Gasteiger partial charge in [-0.05, 0) is 38.3 Å². The van der Waals surface area contributed by atoms with Crippen molar-refractivity contribution in [1.29, 1.82) is 5.26 Å². The monoisotopic (exact) mass is 223 g/mol. The Bertz CT molecular complexity index is 253. The summed E-state index contributed by atoms with van der Waals surface area (Å²) in [4.78, 5) is 11.6. The normalized spacial score (nSPS) is 21.4. The van der Waals surface area contributed by atoms with Crippen LogP contribution in [0.3, 0.4) is 0 Å². The fraction of sp³-hybridized carbons (Fsp3) is 0.833. The van der Waals surface area contributed by atoms with Gasteiger partial charge in [0.2, 0.25) is 5.91 Å². The average molecular weight is 223 g/mol. The highest BCUT2D eigenvalue weighted by Gasteiger charge is 2.16. The van der Waals surface area contributed by atoms with E-state index in [1.807, 2.05) is 6.92 Å². The van der Waals surface area contributed by atoms with Gasteiger partial charge in [-0.1, -0.05) is 6.92 Å². The van der Waals surface area contributed by atoms with Gasteiger partial charge >= 0.3 is 0 Å². The summed E-state index contributed by atoms with van der Waals surface area (Å²) in [6, 6.07) is 2.12. The molecular weight excluding hydrogens is 202 g/mol. The van der Waals surface area contributed by atoms with Crippen LogP contribution in [0.2, 0.25) is 0 Å². The van der Waals surface area contributed by atoms with Crippen LogP contribution < -0.4 is 10.6 Å². The number of hydrogen-bond acceptors (Lipinski definition) is 3. The predicted molar refractivity (Wildman–Crippen MR) is 62.7 cm³/mol. The van der Waals surface area contributed by atoms with Crippen molar-refractivity contribution in [2.24, 2.45) is 5.92 Å². The number of nitrogens with one attached hydrogen (secondary N) is 2. The summed E-state index contributed by atoms with van der Waals surface area (Å²) in [5.41, 5.74) is 0. The first kappa shape index (κ1) is 13.0. The second-order valence-electron chi connectivity index (χ2n) is 4.43. The zero-order valence-electron chi connectivity index (χ0n) is 9.96. The van der Waals surface area contributed by atoms with Crippen LogP contribution in [0, 0.1) is 17.2 Å². The highest BCUT2D eigenvalue weighted by Crippen LogP contribution is 2.14. The van der Waals surface area contributed by atoms with Crippen molar-refractivity contribution in [3.63, 3.8) is 0 Å². The Labute approximate surface area is 97.4 Å². The quantitative estimate of drug-likeness (QED) is 0.710. The van der Waals surface area contributed by atoms with Gasteiger partial charge in [-0.3, -0.25) is 4.79 Å². The van der Waals surface area contributed by atoms with E-state index < -0.39 is 0 Å². The smallest absolute Gasteiger partial charge is 0.220 e. The number of rotatable bonds is 6. The number of amides is 1. The summed E-state index contributed by atoms with van der Waals surface area (Å²) in [5, 5.41) is 14.8. The molecule has 1 fully saturated rings. The molecule has 1 aliphatic heterocycles. The van der Waals surface area contributed by atoms with Gasteiger partial charge in [0.25, 0.3) is 0 Å². The largest absolute Gasteiger partial charge is 0.352 e. The Morgan fingerprint density at radius 2 is 2.50 bits per heavy atom. The van der Waals surface area contributed by atoms with Gasteiger partial charge in [0, 0.05) is 12.5 Å². The van der Waals surface area contributed by atoms with E-state index in [-0.39, 0.29) is 11.9 Å². The van der Waals surface area contributed by atoms with Crippen LogP contribution in [-0.4, -0.2) is 25.0 Å². The molecule has 0 aromatic rings. The predicted octanol–water partition coefficient (Wildman–Crippen LogP) is 1.18. The summed E-state index contributed by atoms with van der Waals surface area (Å²) in [7, 11) is 0. The number of nitriles is 1. The van der Waals surface area contributed by atoms with E-state index in [9.17, 15) is 4.79 Å². The molecule has 0 bridgehead atoms. The molecule has 0 saturated carbocycles. The Hall–Kier alpha value is -1.08. The maximum atomic E-state index is 11.6. The molecule has 2 N–H and O–H groups in total. The third-order valence-electron chi connectivity index (χ3n) is 3.14. The number of nitrogens with zero attached hydrogens (tertiary/aromatic N) is 1. The first-order valence-electron chi connectivity index (χ1n) is 6.13. The average Bonchev–Trinajstić information content (AvgIpc) is 2.78.